The van der Waals surface area contributed by atoms with Crippen LogP contribution in [0.15, 0.2) is 12.1 Å². The fourth-order valence-electron chi connectivity index (χ4n) is 1.88. The summed E-state index contributed by atoms with van der Waals surface area (Å²) >= 11 is 3.58. The molecule has 0 aliphatic heterocycles. The molecule has 0 bridgehead atoms. The maximum atomic E-state index is 4.71. The molecule has 0 saturated heterocycles. The summed E-state index contributed by atoms with van der Waals surface area (Å²) in [7, 11) is 0. The van der Waals surface area contributed by atoms with Crippen molar-refractivity contribution in [1.29, 1.82) is 0 Å². The summed E-state index contributed by atoms with van der Waals surface area (Å²) in [6, 6.07) is 4.38. The number of hydrogen-bond donors (Lipinski definition) is 0. The van der Waals surface area contributed by atoms with E-state index in [1.807, 2.05) is 0 Å². The Bertz CT molecular complexity index is 598. The molecule has 0 spiro atoms. The van der Waals surface area contributed by atoms with Crippen LogP contribution in [0.2, 0.25) is 0 Å². The average molecular weight is 276 g/mol. The van der Waals surface area contributed by atoms with Gasteiger partial charge in [-0.15, -0.1) is 22.7 Å². The van der Waals surface area contributed by atoms with E-state index < -0.39 is 0 Å². The number of rotatable bonds is 2. The van der Waals surface area contributed by atoms with Gasteiger partial charge in [-0.1, -0.05) is 27.7 Å². The standard InChI is InChI=1S/C14H16N2S2/c1-7(2)13-15-9-5-12-10(6-11(9)17-13)16-14(18-12)8(3)4/h5-8H,1-4H3. The van der Waals surface area contributed by atoms with Crippen LogP contribution < -0.4 is 0 Å². The van der Waals surface area contributed by atoms with Gasteiger partial charge in [-0.2, -0.15) is 0 Å². The highest BCUT2D eigenvalue weighted by Crippen LogP contribution is 2.34. The zero-order chi connectivity index (χ0) is 12.9. The first-order valence-corrected chi connectivity index (χ1v) is 7.89. The molecule has 0 N–H and O–H groups in total. The second-order valence-electron chi connectivity index (χ2n) is 5.20. The van der Waals surface area contributed by atoms with Gasteiger partial charge in [0.25, 0.3) is 0 Å². The maximum absolute atomic E-state index is 4.71. The monoisotopic (exact) mass is 276 g/mol. The summed E-state index contributed by atoms with van der Waals surface area (Å²) in [6.45, 7) is 8.76. The van der Waals surface area contributed by atoms with Gasteiger partial charge in [0.05, 0.1) is 30.4 Å². The van der Waals surface area contributed by atoms with Crippen molar-refractivity contribution in [2.45, 2.75) is 39.5 Å². The Kier molecular flexibility index (Phi) is 2.87. The molecule has 94 valence electrons. The Morgan fingerprint density at radius 3 is 1.50 bits per heavy atom. The minimum absolute atomic E-state index is 0.500. The van der Waals surface area contributed by atoms with Crippen molar-refractivity contribution in [3.05, 3.63) is 22.1 Å². The molecule has 2 aromatic heterocycles. The summed E-state index contributed by atoms with van der Waals surface area (Å²) in [5.74, 6) is 0.999. The van der Waals surface area contributed by atoms with Crippen molar-refractivity contribution in [3.8, 4) is 0 Å². The van der Waals surface area contributed by atoms with E-state index in [0.717, 1.165) is 11.0 Å². The fourth-order valence-corrected chi connectivity index (χ4v) is 3.85. The van der Waals surface area contributed by atoms with Gasteiger partial charge in [0.2, 0.25) is 0 Å². The minimum atomic E-state index is 0.500. The van der Waals surface area contributed by atoms with Gasteiger partial charge in [0, 0.05) is 11.8 Å². The largest absolute Gasteiger partial charge is 0.241 e. The number of fused-ring (bicyclic) bond motifs is 2. The van der Waals surface area contributed by atoms with Gasteiger partial charge in [0.15, 0.2) is 0 Å². The van der Waals surface area contributed by atoms with Crippen LogP contribution in [0.4, 0.5) is 0 Å². The molecule has 3 rings (SSSR count). The predicted octanol–water partition coefficient (Wildman–Crippen LogP) is 5.15. The van der Waals surface area contributed by atoms with Gasteiger partial charge in [-0.05, 0) is 12.1 Å². The van der Waals surface area contributed by atoms with E-state index in [0.29, 0.717) is 11.8 Å². The first kappa shape index (κ1) is 12.1. The van der Waals surface area contributed by atoms with E-state index in [1.165, 1.54) is 19.4 Å². The average Bonchev–Trinajstić information content (AvgIpc) is 2.87. The molecule has 0 atom stereocenters. The number of hydrogen-bond acceptors (Lipinski definition) is 4. The molecule has 3 aromatic rings. The molecule has 2 nitrogen and oxygen atoms in total. The molecule has 2 heterocycles. The Hall–Kier alpha value is -1.00. The van der Waals surface area contributed by atoms with E-state index in [9.17, 15) is 0 Å². The molecule has 0 amide bonds. The van der Waals surface area contributed by atoms with Crippen LogP contribution in [0.3, 0.4) is 0 Å². The summed E-state index contributed by atoms with van der Waals surface area (Å²) < 4.78 is 2.51. The Morgan fingerprint density at radius 1 is 0.778 bits per heavy atom. The van der Waals surface area contributed by atoms with E-state index in [2.05, 4.69) is 39.8 Å². The molecule has 0 aliphatic rings. The molecule has 0 fully saturated rings. The lowest BCUT2D eigenvalue weighted by Gasteiger charge is -1.94. The number of benzene rings is 1. The lowest BCUT2D eigenvalue weighted by atomic mass is 10.2. The number of aromatic nitrogens is 2. The molecule has 0 saturated carbocycles. The number of thiazole rings is 2. The lowest BCUT2D eigenvalue weighted by Crippen LogP contribution is -1.82. The summed E-state index contributed by atoms with van der Waals surface area (Å²) in [6.07, 6.45) is 0. The van der Waals surface area contributed by atoms with Crippen molar-refractivity contribution in [2.75, 3.05) is 0 Å². The van der Waals surface area contributed by atoms with Crippen molar-refractivity contribution < 1.29 is 0 Å². The first-order chi connectivity index (χ1) is 8.54. The second kappa shape index (κ2) is 4.28. The highest BCUT2D eigenvalue weighted by atomic mass is 32.1. The maximum Gasteiger partial charge on any atom is 0.0964 e. The Morgan fingerprint density at radius 2 is 1.17 bits per heavy atom. The quantitative estimate of drug-likeness (QED) is 0.646. The van der Waals surface area contributed by atoms with Crippen LogP contribution in [0.25, 0.3) is 20.4 Å². The zero-order valence-electron chi connectivity index (χ0n) is 11.0. The molecule has 18 heavy (non-hydrogen) atoms. The third kappa shape index (κ3) is 1.93. The molecular weight excluding hydrogens is 260 g/mol. The van der Waals surface area contributed by atoms with Crippen LogP contribution in [0.5, 0.6) is 0 Å². The molecule has 4 heteroatoms. The van der Waals surface area contributed by atoms with Crippen LogP contribution in [-0.4, -0.2) is 9.97 Å². The second-order valence-corrected chi connectivity index (χ2v) is 7.33. The molecular formula is C14H16N2S2. The topological polar surface area (TPSA) is 25.8 Å². The van der Waals surface area contributed by atoms with Gasteiger partial charge >= 0.3 is 0 Å². The summed E-state index contributed by atoms with van der Waals surface area (Å²) in [5, 5.41) is 2.43. The molecule has 1 aromatic carbocycles. The third-order valence-electron chi connectivity index (χ3n) is 2.92. The SMILES string of the molecule is CC(C)c1nc2cc3sc(C(C)C)nc3cc2s1. The smallest absolute Gasteiger partial charge is 0.0964 e. The predicted molar refractivity (Wildman–Crippen MR) is 81.0 cm³/mol. The number of nitrogens with zero attached hydrogens (tertiary/aromatic N) is 2. The van der Waals surface area contributed by atoms with Gasteiger partial charge in [-0.25, -0.2) is 9.97 Å². The Balaban J connectivity index is 2.21. The van der Waals surface area contributed by atoms with E-state index in [-0.39, 0.29) is 0 Å². The van der Waals surface area contributed by atoms with E-state index in [4.69, 9.17) is 9.97 Å². The van der Waals surface area contributed by atoms with E-state index >= 15 is 0 Å². The van der Waals surface area contributed by atoms with Crippen LogP contribution in [0, 0.1) is 0 Å². The van der Waals surface area contributed by atoms with Crippen LogP contribution >= 0.6 is 22.7 Å². The van der Waals surface area contributed by atoms with E-state index in [1.54, 1.807) is 22.7 Å². The normalized spacial score (nSPS) is 12.3. The highest BCUT2D eigenvalue weighted by Gasteiger charge is 2.12. The molecule has 0 aliphatic carbocycles. The van der Waals surface area contributed by atoms with Crippen molar-refractivity contribution in [2.24, 2.45) is 0 Å². The lowest BCUT2D eigenvalue weighted by molar-refractivity contribution is 0.856. The third-order valence-corrected chi connectivity index (χ3v) is 5.56. The minimum Gasteiger partial charge on any atom is -0.241 e. The van der Waals surface area contributed by atoms with Gasteiger partial charge in [0.1, 0.15) is 0 Å². The van der Waals surface area contributed by atoms with Gasteiger partial charge in [-0.3, -0.25) is 0 Å². The summed E-state index contributed by atoms with van der Waals surface area (Å²) in [4.78, 5) is 9.43. The van der Waals surface area contributed by atoms with Gasteiger partial charge < -0.3 is 0 Å². The van der Waals surface area contributed by atoms with Crippen LogP contribution in [0.1, 0.15) is 49.5 Å². The highest BCUT2D eigenvalue weighted by molar-refractivity contribution is 7.20. The molecule has 0 unspecified atom stereocenters. The Labute approximate surface area is 115 Å². The molecule has 0 radical (unpaired) electrons. The zero-order valence-corrected chi connectivity index (χ0v) is 12.7. The summed E-state index contributed by atoms with van der Waals surface area (Å²) in [5.41, 5.74) is 2.24. The van der Waals surface area contributed by atoms with Crippen LogP contribution in [-0.2, 0) is 0 Å². The fraction of sp³-hybridized carbons (Fsp3) is 0.429. The van der Waals surface area contributed by atoms with Crippen molar-refractivity contribution in [1.82, 2.24) is 9.97 Å². The van der Waals surface area contributed by atoms with Crippen molar-refractivity contribution in [3.63, 3.8) is 0 Å². The van der Waals surface area contributed by atoms with Crippen molar-refractivity contribution >= 4 is 43.1 Å². The first-order valence-electron chi connectivity index (χ1n) is 6.25.